The van der Waals surface area contributed by atoms with Crippen molar-refractivity contribution in [3.05, 3.63) is 16.6 Å². The Hall–Kier alpha value is -0.410. The minimum absolute atomic E-state index is 0.491. The zero-order valence-electron chi connectivity index (χ0n) is 5.42. The zero-order valence-corrected chi connectivity index (χ0v) is 6.24. The van der Waals surface area contributed by atoms with E-state index in [9.17, 15) is 0 Å². The van der Waals surface area contributed by atoms with Crippen LogP contribution < -0.4 is 10.3 Å². The summed E-state index contributed by atoms with van der Waals surface area (Å²) in [6.45, 7) is 0.491. The van der Waals surface area contributed by atoms with Gasteiger partial charge in [0.05, 0.1) is 5.38 Å². The Balaban J connectivity index is 2.69. The van der Waals surface area contributed by atoms with E-state index in [-0.39, 0.29) is 0 Å². The molecule has 0 aliphatic heterocycles. The topological polar surface area (TPSA) is 27.7 Å². The summed E-state index contributed by atoms with van der Waals surface area (Å²) in [5.74, 6) is 0. The molecule has 9 heavy (non-hydrogen) atoms. The lowest BCUT2D eigenvalue weighted by atomic mass is 10.3. The third kappa shape index (κ3) is 1.50. The molecule has 0 bridgehead atoms. The monoisotopic (exact) mass is 142 g/mol. The van der Waals surface area contributed by atoms with E-state index < -0.39 is 0 Å². The molecule has 2 nitrogen and oxygen atoms in total. The highest BCUT2D eigenvalue weighted by atomic mass is 32.1. The maximum Gasteiger partial charge on any atom is 0.224 e. The average molecular weight is 142 g/mol. The third-order valence-electron chi connectivity index (χ3n) is 1.26. The number of nitrogens with one attached hydrogen (secondary N) is 1. The summed E-state index contributed by atoms with van der Waals surface area (Å²) in [4.78, 5) is 0. The average Bonchev–Trinajstić information content (AvgIpc) is 2.18. The highest BCUT2D eigenvalue weighted by Gasteiger charge is 2.03. The molecule has 49 valence electrons. The van der Waals surface area contributed by atoms with Gasteiger partial charge in [-0.15, -0.1) is 0 Å². The van der Waals surface area contributed by atoms with Crippen molar-refractivity contribution in [1.29, 1.82) is 0 Å². The Morgan fingerprint density at radius 1 is 1.78 bits per heavy atom. The highest BCUT2D eigenvalue weighted by molar-refractivity contribution is 7.07. The lowest BCUT2D eigenvalue weighted by molar-refractivity contribution is -0.674. The Kier molecular flexibility index (Phi) is 2.19. The number of hydrogen-bond acceptors (Lipinski definition) is 1. The van der Waals surface area contributed by atoms with Crippen LogP contribution in [0.15, 0.2) is 10.9 Å². The third-order valence-corrected chi connectivity index (χ3v) is 2.10. The van der Waals surface area contributed by atoms with E-state index in [0.717, 1.165) is 6.42 Å². The molecule has 1 aromatic rings. The van der Waals surface area contributed by atoms with Crippen LogP contribution in [0.3, 0.4) is 0 Å². The molecule has 0 amide bonds. The summed E-state index contributed by atoms with van der Waals surface area (Å²) in [5, 5.41) is 2.09. The summed E-state index contributed by atoms with van der Waals surface area (Å²) < 4.78 is 2.07. The van der Waals surface area contributed by atoms with Crippen LogP contribution in [0, 0.1) is 0 Å². The second-order valence-corrected chi connectivity index (χ2v) is 2.68. The first kappa shape index (κ1) is 6.71. The van der Waals surface area contributed by atoms with Crippen LogP contribution in [-0.4, -0.2) is 6.54 Å². The minimum Gasteiger partial charge on any atom is -0.257 e. The molecule has 0 unspecified atom stereocenters. The molecule has 1 heterocycles. The summed E-state index contributed by atoms with van der Waals surface area (Å²) in [6, 6.07) is 0. The van der Waals surface area contributed by atoms with Crippen molar-refractivity contribution in [1.82, 2.24) is 5.73 Å². The lowest BCUT2D eigenvalue weighted by Crippen LogP contribution is -2.30. The quantitative estimate of drug-likeness (QED) is 0.535. The maximum atomic E-state index is 6.97. The van der Waals surface area contributed by atoms with Gasteiger partial charge >= 0.3 is 0 Å². The Morgan fingerprint density at radius 2 is 2.56 bits per heavy atom. The van der Waals surface area contributed by atoms with E-state index in [0.29, 0.717) is 6.54 Å². The Labute approximate surface area is 58.9 Å². The van der Waals surface area contributed by atoms with Crippen molar-refractivity contribution in [2.45, 2.75) is 6.42 Å². The van der Waals surface area contributed by atoms with Gasteiger partial charge in [0, 0.05) is 13.0 Å². The van der Waals surface area contributed by atoms with E-state index in [1.165, 1.54) is 5.69 Å². The van der Waals surface area contributed by atoms with E-state index in [2.05, 4.69) is 9.95 Å². The van der Waals surface area contributed by atoms with Crippen molar-refractivity contribution in [2.75, 3.05) is 6.54 Å². The molecule has 1 rings (SSSR count). The SMILES string of the molecule is C[n+]1cscc1CC[NH]. The number of aromatic nitrogens is 1. The predicted octanol–water partition coefficient (Wildman–Crippen LogP) is 0.398. The van der Waals surface area contributed by atoms with Gasteiger partial charge < -0.3 is 0 Å². The van der Waals surface area contributed by atoms with Crippen LogP contribution in [0.5, 0.6) is 0 Å². The first-order valence-electron chi connectivity index (χ1n) is 2.90. The molecular weight excluding hydrogens is 132 g/mol. The van der Waals surface area contributed by atoms with Crippen molar-refractivity contribution < 1.29 is 4.57 Å². The molecule has 0 saturated carbocycles. The van der Waals surface area contributed by atoms with Gasteiger partial charge in [-0.3, -0.25) is 5.73 Å². The van der Waals surface area contributed by atoms with Crippen LogP contribution in [0.1, 0.15) is 5.69 Å². The second kappa shape index (κ2) is 2.94. The van der Waals surface area contributed by atoms with E-state index in [4.69, 9.17) is 5.73 Å². The Bertz CT molecular complexity index is 183. The van der Waals surface area contributed by atoms with Crippen LogP contribution in [0.25, 0.3) is 0 Å². The van der Waals surface area contributed by atoms with E-state index in [1.807, 2.05) is 12.6 Å². The predicted molar refractivity (Wildman–Crippen MR) is 37.2 cm³/mol. The van der Waals surface area contributed by atoms with Gasteiger partial charge in [0.25, 0.3) is 0 Å². The number of hydrogen-bond donors (Lipinski definition) is 0. The molecule has 3 heteroatoms. The molecular formula is C6H10N2S+. The molecule has 0 spiro atoms. The normalized spacial score (nSPS) is 10.0. The number of aryl methyl sites for hydroxylation is 1. The summed E-state index contributed by atoms with van der Waals surface area (Å²) >= 11 is 1.69. The molecule has 1 N–H and O–H groups in total. The van der Waals surface area contributed by atoms with Gasteiger partial charge in [0.2, 0.25) is 5.51 Å². The van der Waals surface area contributed by atoms with Crippen molar-refractivity contribution >= 4 is 11.3 Å². The zero-order chi connectivity index (χ0) is 6.69. The summed E-state index contributed by atoms with van der Waals surface area (Å²) in [6.07, 6.45) is 0.875. The smallest absolute Gasteiger partial charge is 0.224 e. The van der Waals surface area contributed by atoms with E-state index in [1.54, 1.807) is 11.3 Å². The van der Waals surface area contributed by atoms with Gasteiger partial charge in [-0.1, -0.05) is 11.3 Å². The van der Waals surface area contributed by atoms with Crippen LogP contribution in [0.2, 0.25) is 0 Å². The van der Waals surface area contributed by atoms with Gasteiger partial charge in [0.15, 0.2) is 5.69 Å². The fourth-order valence-electron chi connectivity index (χ4n) is 0.714. The van der Waals surface area contributed by atoms with Gasteiger partial charge in [-0.25, -0.2) is 0 Å². The molecule has 0 aromatic carbocycles. The van der Waals surface area contributed by atoms with Gasteiger partial charge in [0.1, 0.15) is 7.05 Å². The fraction of sp³-hybridized carbons (Fsp3) is 0.500. The second-order valence-electron chi connectivity index (χ2n) is 1.96. The summed E-state index contributed by atoms with van der Waals surface area (Å²) in [5.41, 5.74) is 10.3. The van der Waals surface area contributed by atoms with Crippen molar-refractivity contribution in [2.24, 2.45) is 7.05 Å². The molecule has 0 fully saturated rings. The molecule has 0 aliphatic rings. The molecule has 0 atom stereocenters. The number of nitrogens with zero attached hydrogens (tertiary/aromatic N) is 1. The van der Waals surface area contributed by atoms with Gasteiger partial charge in [-0.2, -0.15) is 4.57 Å². The minimum atomic E-state index is 0.491. The van der Waals surface area contributed by atoms with Crippen LogP contribution in [0.4, 0.5) is 0 Å². The lowest BCUT2D eigenvalue weighted by Gasteiger charge is -1.86. The summed E-state index contributed by atoms with van der Waals surface area (Å²) in [7, 11) is 2.02. The van der Waals surface area contributed by atoms with Crippen LogP contribution >= 0.6 is 11.3 Å². The number of thiazole rings is 1. The molecule has 1 radical (unpaired) electrons. The first-order chi connectivity index (χ1) is 4.34. The van der Waals surface area contributed by atoms with Crippen molar-refractivity contribution in [3.63, 3.8) is 0 Å². The maximum absolute atomic E-state index is 6.97. The number of rotatable bonds is 2. The molecule has 1 aromatic heterocycles. The van der Waals surface area contributed by atoms with E-state index >= 15 is 0 Å². The standard InChI is InChI=1S/C6H10N2S/c1-8-5-9-4-6(8)2-3-7/h4-5,7H,2-3H2,1H3/q+1. The van der Waals surface area contributed by atoms with Gasteiger partial charge in [-0.05, 0) is 0 Å². The largest absolute Gasteiger partial charge is 0.257 e. The highest BCUT2D eigenvalue weighted by Crippen LogP contribution is 1.97. The van der Waals surface area contributed by atoms with Crippen molar-refractivity contribution in [3.8, 4) is 0 Å². The van der Waals surface area contributed by atoms with Crippen LogP contribution in [-0.2, 0) is 13.5 Å². The fourth-order valence-corrected chi connectivity index (χ4v) is 1.53. The Morgan fingerprint density at radius 3 is 3.00 bits per heavy atom. The molecule has 0 aliphatic carbocycles. The molecule has 0 saturated heterocycles. The first-order valence-corrected chi connectivity index (χ1v) is 3.84.